The number of nitrogens with zero attached hydrogens (tertiary/aromatic N) is 4. The smallest absolute Gasteiger partial charge is 0.323 e. The second-order valence-electron chi connectivity index (χ2n) is 7.51. The molecule has 0 saturated carbocycles. The fraction of sp³-hybridized carbons (Fsp3) is 0.273. The summed E-state index contributed by atoms with van der Waals surface area (Å²) in [6.45, 7) is 5.83. The van der Waals surface area contributed by atoms with E-state index in [1.165, 1.54) is 17.3 Å². The third-order valence-electron chi connectivity index (χ3n) is 5.01. The van der Waals surface area contributed by atoms with E-state index in [4.69, 9.17) is 0 Å². The number of nitrogens with one attached hydrogen (secondary N) is 1. The number of carboxylic acids is 1. The fourth-order valence-corrected chi connectivity index (χ4v) is 4.46. The Labute approximate surface area is 183 Å². The molecule has 0 spiro atoms. The van der Waals surface area contributed by atoms with Gasteiger partial charge in [0.2, 0.25) is 5.16 Å². The predicted octanol–water partition coefficient (Wildman–Crippen LogP) is 3.51. The summed E-state index contributed by atoms with van der Waals surface area (Å²) in [4.78, 5) is 15.9. The molecule has 0 aliphatic heterocycles. The first kappa shape index (κ1) is 21.1. The highest BCUT2D eigenvalue weighted by Crippen LogP contribution is 2.28. The van der Waals surface area contributed by atoms with Crippen molar-refractivity contribution in [2.75, 3.05) is 11.1 Å². The number of carbonyl (C=O) groups is 1. The average Bonchev–Trinajstić information content (AvgIpc) is 3.02. The van der Waals surface area contributed by atoms with Gasteiger partial charge in [-0.2, -0.15) is 0 Å². The maximum absolute atomic E-state index is 11.4. The number of para-hydroxylation sites is 1. The lowest BCUT2D eigenvalue weighted by Crippen LogP contribution is -2.22. The molecule has 0 saturated heterocycles. The number of aliphatic carboxylic acids is 1. The van der Waals surface area contributed by atoms with Crippen LogP contribution in [0, 0.1) is 20.8 Å². The van der Waals surface area contributed by atoms with Crippen molar-refractivity contribution in [1.29, 1.82) is 0 Å². The maximum atomic E-state index is 11.4. The molecular formula is C22H23N5O3S. The first-order valence-electron chi connectivity index (χ1n) is 9.82. The van der Waals surface area contributed by atoms with Gasteiger partial charge in [-0.25, -0.2) is 4.98 Å². The monoisotopic (exact) mass is 437 g/mol. The van der Waals surface area contributed by atoms with Crippen molar-refractivity contribution >= 4 is 45.5 Å². The van der Waals surface area contributed by atoms with E-state index in [0.717, 1.165) is 27.7 Å². The van der Waals surface area contributed by atoms with Crippen molar-refractivity contribution in [2.45, 2.75) is 38.7 Å². The zero-order valence-electron chi connectivity index (χ0n) is 17.5. The van der Waals surface area contributed by atoms with E-state index >= 15 is 0 Å². The Morgan fingerprint density at radius 1 is 1.16 bits per heavy atom. The molecule has 8 nitrogen and oxygen atoms in total. The summed E-state index contributed by atoms with van der Waals surface area (Å²) in [7, 11) is 0. The zero-order chi connectivity index (χ0) is 22.1. The van der Waals surface area contributed by atoms with Crippen molar-refractivity contribution in [3.05, 3.63) is 53.1 Å². The first-order chi connectivity index (χ1) is 14.8. The number of thioether (sulfide) groups is 1. The van der Waals surface area contributed by atoms with E-state index in [9.17, 15) is 15.0 Å². The third-order valence-corrected chi connectivity index (χ3v) is 5.92. The van der Waals surface area contributed by atoms with Gasteiger partial charge in [0.25, 0.3) is 0 Å². The number of carboxylic acid groups (broad SMARTS) is 1. The summed E-state index contributed by atoms with van der Waals surface area (Å²) in [6.07, 6.45) is -0.811. The second-order valence-corrected chi connectivity index (χ2v) is 8.50. The summed E-state index contributed by atoms with van der Waals surface area (Å²) in [5.74, 6) is -0.655. The number of hydrogen-bond acceptors (Lipinski definition) is 7. The zero-order valence-corrected chi connectivity index (χ0v) is 18.3. The van der Waals surface area contributed by atoms with E-state index in [1.807, 2.05) is 45.0 Å². The molecule has 2 heterocycles. The van der Waals surface area contributed by atoms with Crippen molar-refractivity contribution in [1.82, 2.24) is 19.7 Å². The molecule has 9 heteroatoms. The van der Waals surface area contributed by atoms with E-state index in [-0.39, 0.29) is 6.54 Å². The molecule has 3 N–H and O–H groups in total. The molecule has 31 heavy (non-hydrogen) atoms. The quantitative estimate of drug-likeness (QED) is 0.297. The lowest BCUT2D eigenvalue weighted by atomic mass is 10.1. The highest BCUT2D eigenvalue weighted by molar-refractivity contribution is 7.99. The molecular weight excluding hydrogens is 414 g/mol. The van der Waals surface area contributed by atoms with E-state index in [1.54, 1.807) is 4.57 Å². The Balaban J connectivity index is 1.56. The first-order valence-corrected chi connectivity index (χ1v) is 10.8. The van der Waals surface area contributed by atoms with E-state index < -0.39 is 12.2 Å². The minimum absolute atomic E-state index is 0.219. The van der Waals surface area contributed by atoms with Crippen LogP contribution in [0.15, 0.2) is 41.6 Å². The molecule has 1 atom stereocenters. The second kappa shape index (κ2) is 8.52. The number of anilines is 1. The molecule has 0 bridgehead atoms. The normalized spacial score (nSPS) is 12.4. The lowest BCUT2D eigenvalue weighted by molar-refractivity contribution is -0.137. The van der Waals surface area contributed by atoms with Crippen LogP contribution in [0.25, 0.3) is 22.1 Å². The molecule has 4 rings (SSSR count). The molecule has 1 unspecified atom stereocenters. The van der Waals surface area contributed by atoms with Gasteiger partial charge in [0.15, 0.2) is 5.65 Å². The Kier molecular flexibility index (Phi) is 5.79. The summed E-state index contributed by atoms with van der Waals surface area (Å²) in [5, 5.41) is 32.6. The van der Waals surface area contributed by atoms with Crippen LogP contribution in [-0.4, -0.2) is 47.9 Å². The molecule has 2 aromatic heterocycles. The van der Waals surface area contributed by atoms with Crippen molar-refractivity contribution in [3.8, 4) is 0 Å². The van der Waals surface area contributed by atoms with Crippen molar-refractivity contribution in [2.24, 2.45) is 0 Å². The third kappa shape index (κ3) is 4.33. The Morgan fingerprint density at radius 2 is 1.87 bits per heavy atom. The van der Waals surface area contributed by atoms with Crippen LogP contribution in [-0.2, 0) is 11.3 Å². The minimum Gasteiger partial charge on any atom is -0.480 e. The van der Waals surface area contributed by atoms with Gasteiger partial charge in [0.05, 0.1) is 5.52 Å². The number of aliphatic hydroxyl groups is 1. The number of aryl methyl sites for hydroxylation is 3. The largest absolute Gasteiger partial charge is 0.480 e. The Morgan fingerprint density at radius 3 is 2.58 bits per heavy atom. The number of aromatic nitrogens is 4. The lowest BCUT2D eigenvalue weighted by Gasteiger charge is -2.18. The van der Waals surface area contributed by atoms with E-state index in [2.05, 4.69) is 32.6 Å². The Bertz CT molecular complexity index is 1260. The highest BCUT2D eigenvalue weighted by Gasteiger charge is 2.17. The fourth-order valence-electron chi connectivity index (χ4n) is 3.82. The SMILES string of the molecule is Cc1cc(C)c(NC(O)CSc2nnc3c4ccccc4n(CC(=O)O)c3n2)c(C)c1. The van der Waals surface area contributed by atoms with Gasteiger partial charge in [-0.15, -0.1) is 10.2 Å². The highest BCUT2D eigenvalue weighted by atomic mass is 32.2. The number of benzene rings is 2. The number of fused-ring (bicyclic) bond motifs is 3. The Hall–Kier alpha value is -3.17. The van der Waals surface area contributed by atoms with Crippen molar-refractivity contribution < 1.29 is 15.0 Å². The van der Waals surface area contributed by atoms with E-state index in [0.29, 0.717) is 22.1 Å². The van der Waals surface area contributed by atoms with Crippen LogP contribution >= 0.6 is 11.8 Å². The number of hydrogen-bond donors (Lipinski definition) is 3. The molecule has 0 aliphatic carbocycles. The van der Waals surface area contributed by atoms with Crippen LogP contribution in [0.2, 0.25) is 0 Å². The maximum Gasteiger partial charge on any atom is 0.323 e. The van der Waals surface area contributed by atoms with Crippen LogP contribution in [0.3, 0.4) is 0 Å². The van der Waals surface area contributed by atoms with Crippen LogP contribution < -0.4 is 5.32 Å². The van der Waals surface area contributed by atoms with Gasteiger partial charge in [-0.05, 0) is 38.0 Å². The van der Waals surface area contributed by atoms with Crippen LogP contribution in [0.4, 0.5) is 5.69 Å². The van der Waals surface area contributed by atoms with Gasteiger partial charge in [0, 0.05) is 16.8 Å². The topological polar surface area (TPSA) is 113 Å². The molecule has 2 aromatic carbocycles. The molecule has 160 valence electrons. The standard InChI is InChI=1S/C22H23N5O3S/c1-12-8-13(2)19(14(3)9-12)23-17(28)11-31-22-24-21-20(25-26-22)15-6-4-5-7-16(15)27(21)10-18(29)30/h4-9,17,23,28H,10-11H2,1-3H3,(H,29,30). The molecule has 0 aliphatic rings. The summed E-state index contributed by atoms with van der Waals surface area (Å²) >= 11 is 1.26. The minimum atomic E-state index is -0.959. The molecule has 0 amide bonds. The average molecular weight is 438 g/mol. The van der Waals surface area contributed by atoms with Gasteiger partial charge in [-0.1, -0.05) is 47.7 Å². The number of aliphatic hydroxyl groups excluding tert-OH is 1. The van der Waals surface area contributed by atoms with Crippen molar-refractivity contribution in [3.63, 3.8) is 0 Å². The molecule has 0 fully saturated rings. The van der Waals surface area contributed by atoms with Gasteiger partial charge < -0.3 is 20.1 Å². The molecule has 0 radical (unpaired) electrons. The number of rotatable bonds is 7. The molecule has 4 aromatic rings. The van der Waals surface area contributed by atoms with Gasteiger partial charge in [0.1, 0.15) is 18.3 Å². The predicted molar refractivity (Wildman–Crippen MR) is 121 cm³/mol. The van der Waals surface area contributed by atoms with Crippen LogP contribution in [0.5, 0.6) is 0 Å². The summed E-state index contributed by atoms with van der Waals surface area (Å²) in [6, 6.07) is 11.6. The summed E-state index contributed by atoms with van der Waals surface area (Å²) in [5.41, 5.74) is 6.00. The van der Waals surface area contributed by atoms with Crippen LogP contribution in [0.1, 0.15) is 16.7 Å². The van der Waals surface area contributed by atoms with Gasteiger partial charge >= 0.3 is 5.97 Å². The summed E-state index contributed by atoms with van der Waals surface area (Å²) < 4.78 is 1.62. The van der Waals surface area contributed by atoms with Gasteiger partial charge in [-0.3, -0.25) is 4.79 Å².